The molecule has 9 nitrogen and oxygen atoms in total. The van der Waals surface area contributed by atoms with E-state index in [-0.39, 0.29) is 11.4 Å². The van der Waals surface area contributed by atoms with Crippen LogP contribution in [0.5, 0.6) is 0 Å². The fourth-order valence-electron chi connectivity index (χ4n) is 2.88. The number of carbonyl (C=O) groups excluding carboxylic acids is 1. The number of benzene rings is 1. The van der Waals surface area contributed by atoms with Crippen LogP contribution in [0.15, 0.2) is 24.4 Å². The lowest BCUT2D eigenvalue weighted by molar-refractivity contribution is -0.385. The Morgan fingerprint density at radius 2 is 1.97 bits per heavy atom. The van der Waals surface area contributed by atoms with Crippen molar-refractivity contribution in [2.24, 2.45) is 0 Å². The fraction of sp³-hybridized carbons (Fsp3) is 0.278. The van der Waals surface area contributed by atoms with E-state index >= 15 is 0 Å². The molecule has 0 bridgehead atoms. The molecule has 0 aliphatic heterocycles. The van der Waals surface area contributed by atoms with Crippen molar-refractivity contribution in [1.82, 2.24) is 19.6 Å². The summed E-state index contributed by atoms with van der Waals surface area (Å²) in [5.41, 5.74) is 2.05. The molecule has 152 valence electrons. The summed E-state index contributed by atoms with van der Waals surface area (Å²) >= 11 is 12.0. The third-order valence-corrected chi connectivity index (χ3v) is 5.15. The second kappa shape index (κ2) is 8.22. The van der Waals surface area contributed by atoms with Crippen molar-refractivity contribution in [3.63, 3.8) is 0 Å². The smallest absolute Gasteiger partial charge is 0.317 e. The molecular formula is C18H18Cl2N6O3. The summed E-state index contributed by atoms with van der Waals surface area (Å²) in [5.74, 6) is -0.663. The Morgan fingerprint density at radius 1 is 1.24 bits per heavy atom. The van der Waals surface area contributed by atoms with E-state index in [1.807, 2.05) is 6.07 Å². The van der Waals surface area contributed by atoms with E-state index in [2.05, 4.69) is 15.5 Å². The molecule has 1 aromatic carbocycles. The number of nitrogens with one attached hydrogen (secondary N) is 1. The number of anilines is 1. The van der Waals surface area contributed by atoms with Gasteiger partial charge in [0.2, 0.25) is 5.69 Å². The first-order valence-corrected chi connectivity index (χ1v) is 9.48. The van der Waals surface area contributed by atoms with Gasteiger partial charge < -0.3 is 5.32 Å². The highest BCUT2D eigenvalue weighted by Gasteiger charge is 2.27. The molecule has 0 radical (unpaired) electrons. The van der Waals surface area contributed by atoms with Gasteiger partial charge in [-0.15, -0.1) is 0 Å². The highest BCUT2D eigenvalue weighted by atomic mass is 35.5. The summed E-state index contributed by atoms with van der Waals surface area (Å²) in [6, 6.07) is 5.29. The zero-order valence-corrected chi connectivity index (χ0v) is 17.5. The molecule has 2 heterocycles. The molecule has 3 rings (SSSR count). The van der Waals surface area contributed by atoms with Crippen molar-refractivity contribution in [3.8, 4) is 0 Å². The second-order valence-electron chi connectivity index (χ2n) is 6.38. The average Bonchev–Trinajstić information content (AvgIpc) is 3.22. The lowest BCUT2D eigenvalue weighted by atomic mass is 10.2. The van der Waals surface area contributed by atoms with Gasteiger partial charge in [0.25, 0.3) is 5.91 Å². The minimum atomic E-state index is -0.663. The van der Waals surface area contributed by atoms with E-state index in [1.165, 1.54) is 10.9 Å². The maximum absolute atomic E-state index is 12.7. The first-order chi connectivity index (χ1) is 13.7. The number of nitrogens with zero attached hydrogens (tertiary/aromatic N) is 5. The van der Waals surface area contributed by atoms with E-state index < -0.39 is 10.8 Å². The number of rotatable bonds is 6. The van der Waals surface area contributed by atoms with Crippen molar-refractivity contribution in [2.75, 3.05) is 5.32 Å². The molecule has 1 amide bonds. The Kier molecular flexibility index (Phi) is 5.90. The molecule has 0 saturated carbocycles. The van der Waals surface area contributed by atoms with Gasteiger partial charge in [0.1, 0.15) is 6.20 Å². The van der Waals surface area contributed by atoms with Gasteiger partial charge >= 0.3 is 5.69 Å². The Bertz CT molecular complexity index is 1110. The molecule has 0 saturated heterocycles. The number of nitro groups is 1. The molecule has 0 atom stereocenters. The summed E-state index contributed by atoms with van der Waals surface area (Å²) < 4.78 is 3.06. The maximum Gasteiger partial charge on any atom is 0.320 e. The molecule has 29 heavy (non-hydrogen) atoms. The van der Waals surface area contributed by atoms with Gasteiger partial charge in [0, 0.05) is 6.54 Å². The van der Waals surface area contributed by atoms with Gasteiger partial charge in [0.05, 0.1) is 38.6 Å². The predicted molar refractivity (Wildman–Crippen MR) is 110 cm³/mol. The number of hydrogen-bond donors (Lipinski definition) is 1. The van der Waals surface area contributed by atoms with Crippen LogP contribution in [-0.2, 0) is 13.1 Å². The molecule has 0 unspecified atom stereocenters. The standard InChI is InChI=1S/C18H18Cl2N6O3/c1-4-24-9-15(26(28)29)17(23-24)18(27)21-16-10(2)22-25(11(16)3)8-12-5-6-13(19)14(20)7-12/h5-7,9H,4,8H2,1-3H3,(H,21,27). The van der Waals surface area contributed by atoms with Gasteiger partial charge in [-0.1, -0.05) is 29.3 Å². The van der Waals surface area contributed by atoms with Gasteiger partial charge in [-0.3, -0.25) is 24.3 Å². The first kappa shape index (κ1) is 20.8. The van der Waals surface area contributed by atoms with Crippen molar-refractivity contribution in [2.45, 2.75) is 33.9 Å². The molecular weight excluding hydrogens is 419 g/mol. The van der Waals surface area contributed by atoms with Crippen LogP contribution in [0.1, 0.15) is 34.4 Å². The van der Waals surface area contributed by atoms with E-state index in [4.69, 9.17) is 23.2 Å². The van der Waals surface area contributed by atoms with Crippen LogP contribution in [0.3, 0.4) is 0 Å². The van der Waals surface area contributed by atoms with Crippen LogP contribution in [0, 0.1) is 24.0 Å². The number of amides is 1. The lowest BCUT2D eigenvalue weighted by Crippen LogP contribution is -2.16. The minimum absolute atomic E-state index is 0.243. The van der Waals surface area contributed by atoms with Crippen molar-refractivity contribution in [3.05, 3.63) is 67.2 Å². The first-order valence-electron chi connectivity index (χ1n) is 8.72. The predicted octanol–water partition coefficient (Wildman–Crippen LogP) is 4.23. The number of aromatic nitrogens is 4. The van der Waals surface area contributed by atoms with Crippen LogP contribution < -0.4 is 5.32 Å². The van der Waals surface area contributed by atoms with Gasteiger partial charge in [-0.25, -0.2) is 0 Å². The van der Waals surface area contributed by atoms with Crippen LogP contribution >= 0.6 is 23.2 Å². The molecule has 11 heteroatoms. The normalized spacial score (nSPS) is 10.9. The Hall–Kier alpha value is -2.91. The number of hydrogen-bond acceptors (Lipinski definition) is 5. The highest BCUT2D eigenvalue weighted by Crippen LogP contribution is 2.26. The van der Waals surface area contributed by atoms with Crippen LogP contribution in [0.25, 0.3) is 0 Å². The van der Waals surface area contributed by atoms with E-state index in [0.29, 0.717) is 40.2 Å². The second-order valence-corrected chi connectivity index (χ2v) is 7.20. The Morgan fingerprint density at radius 3 is 2.59 bits per heavy atom. The molecule has 0 aliphatic rings. The van der Waals surface area contributed by atoms with Crippen molar-refractivity contribution >= 4 is 40.5 Å². The van der Waals surface area contributed by atoms with Crippen molar-refractivity contribution < 1.29 is 9.72 Å². The summed E-state index contributed by atoms with van der Waals surface area (Å²) in [5, 5.41) is 23.3. The third-order valence-electron chi connectivity index (χ3n) is 4.41. The van der Waals surface area contributed by atoms with Gasteiger partial charge in [-0.05, 0) is 38.5 Å². The largest absolute Gasteiger partial charge is 0.320 e. The fourth-order valence-corrected chi connectivity index (χ4v) is 3.20. The van der Waals surface area contributed by atoms with E-state index in [0.717, 1.165) is 5.56 Å². The SMILES string of the molecule is CCn1cc([N+](=O)[O-])c(C(=O)Nc2c(C)nn(Cc3ccc(Cl)c(Cl)c3)c2C)n1. The molecule has 0 fully saturated rings. The van der Waals surface area contributed by atoms with Crippen LogP contribution in [0.4, 0.5) is 11.4 Å². The number of aryl methyl sites for hydroxylation is 2. The third kappa shape index (κ3) is 4.25. The zero-order valence-electron chi connectivity index (χ0n) is 15.9. The number of halogens is 2. The maximum atomic E-state index is 12.7. The summed E-state index contributed by atoms with van der Waals surface area (Å²) in [4.78, 5) is 23.3. The molecule has 3 aromatic rings. The zero-order chi connectivity index (χ0) is 21.3. The highest BCUT2D eigenvalue weighted by molar-refractivity contribution is 6.42. The van der Waals surface area contributed by atoms with E-state index in [1.54, 1.807) is 37.6 Å². The quantitative estimate of drug-likeness (QED) is 0.459. The number of carbonyl (C=O) groups is 1. The summed E-state index contributed by atoms with van der Waals surface area (Å²) in [6.07, 6.45) is 1.24. The van der Waals surface area contributed by atoms with Crippen LogP contribution in [0.2, 0.25) is 10.0 Å². The molecule has 2 aromatic heterocycles. The molecule has 0 aliphatic carbocycles. The van der Waals surface area contributed by atoms with E-state index in [9.17, 15) is 14.9 Å². The lowest BCUT2D eigenvalue weighted by Gasteiger charge is -2.07. The molecule has 0 spiro atoms. The summed E-state index contributed by atoms with van der Waals surface area (Å²) in [7, 11) is 0. The van der Waals surface area contributed by atoms with Crippen molar-refractivity contribution in [1.29, 1.82) is 0 Å². The van der Waals surface area contributed by atoms with Crippen LogP contribution in [-0.4, -0.2) is 30.4 Å². The molecule has 1 N–H and O–H groups in total. The topological polar surface area (TPSA) is 108 Å². The summed E-state index contributed by atoms with van der Waals surface area (Å²) in [6.45, 7) is 6.15. The minimum Gasteiger partial charge on any atom is -0.317 e. The monoisotopic (exact) mass is 436 g/mol. The van der Waals surface area contributed by atoms with Gasteiger partial charge in [-0.2, -0.15) is 10.2 Å². The average molecular weight is 437 g/mol. The Balaban J connectivity index is 1.87. The Labute approximate surface area is 176 Å². The van der Waals surface area contributed by atoms with Gasteiger partial charge in [0.15, 0.2) is 0 Å².